The molecule has 0 fully saturated rings. The summed E-state index contributed by atoms with van der Waals surface area (Å²) >= 11 is 14.3. The molecule has 1 aromatic heterocycles. The van der Waals surface area contributed by atoms with Crippen LogP contribution in [0.1, 0.15) is 5.69 Å². The van der Waals surface area contributed by atoms with Crippen LogP contribution in [-0.2, 0) is 6.42 Å². The lowest BCUT2D eigenvalue weighted by Gasteiger charge is -2.00. The minimum absolute atomic E-state index is 0.0495. The number of hydrogen-bond acceptors (Lipinski definition) is 3. The van der Waals surface area contributed by atoms with Gasteiger partial charge in [-0.1, -0.05) is 11.6 Å². The smallest absolute Gasteiger partial charge is 0.221 e. The zero-order valence-corrected chi connectivity index (χ0v) is 8.78. The second-order valence-corrected chi connectivity index (χ2v) is 3.37. The number of aromatic nitrogens is 2. The van der Waals surface area contributed by atoms with E-state index in [1.165, 1.54) is 0 Å². The number of rotatable bonds is 1. The van der Waals surface area contributed by atoms with Crippen molar-refractivity contribution in [2.45, 2.75) is 6.42 Å². The minimum atomic E-state index is 0.0495. The lowest BCUT2D eigenvalue weighted by atomic mass is 10.3. The first kappa shape index (κ1) is 9.72. The van der Waals surface area contributed by atoms with E-state index < -0.39 is 0 Å². The van der Waals surface area contributed by atoms with Crippen molar-refractivity contribution in [1.29, 1.82) is 5.26 Å². The molecule has 0 amide bonds. The fourth-order valence-corrected chi connectivity index (χ4v) is 1.36. The van der Waals surface area contributed by atoms with Crippen LogP contribution >= 0.6 is 39.1 Å². The number of nitriles is 1. The van der Waals surface area contributed by atoms with Gasteiger partial charge in [0.05, 0.1) is 22.7 Å². The summed E-state index contributed by atoms with van der Waals surface area (Å²) in [4.78, 5) is 7.50. The number of halogens is 3. The summed E-state index contributed by atoms with van der Waals surface area (Å²) in [6.07, 6.45) is 0.155. The van der Waals surface area contributed by atoms with Crippen LogP contribution in [0.15, 0.2) is 4.47 Å². The summed E-state index contributed by atoms with van der Waals surface area (Å²) < 4.78 is 0.523. The molecule has 0 unspecified atom stereocenters. The van der Waals surface area contributed by atoms with Crippen molar-refractivity contribution >= 4 is 39.1 Å². The Kier molecular flexibility index (Phi) is 3.27. The van der Waals surface area contributed by atoms with E-state index in [4.69, 9.17) is 28.5 Å². The molecule has 0 N–H and O–H groups in total. The van der Waals surface area contributed by atoms with Crippen molar-refractivity contribution in [3.63, 3.8) is 0 Å². The molecular weight excluding hydrogens is 265 g/mol. The highest BCUT2D eigenvalue weighted by molar-refractivity contribution is 9.10. The Morgan fingerprint density at radius 1 is 1.42 bits per heavy atom. The van der Waals surface area contributed by atoms with Gasteiger partial charge in [-0.25, -0.2) is 9.97 Å². The SMILES string of the molecule is N#CCc1nc(Cl)nc(Cl)c1Br. The van der Waals surface area contributed by atoms with Gasteiger partial charge in [-0.05, 0) is 27.5 Å². The molecule has 12 heavy (non-hydrogen) atoms. The predicted octanol–water partition coefficient (Wildman–Crippen LogP) is 2.61. The van der Waals surface area contributed by atoms with Crippen molar-refractivity contribution < 1.29 is 0 Å². The molecule has 0 atom stereocenters. The fourth-order valence-electron chi connectivity index (χ4n) is 0.627. The molecule has 3 nitrogen and oxygen atoms in total. The van der Waals surface area contributed by atoms with E-state index in [1.54, 1.807) is 0 Å². The maximum Gasteiger partial charge on any atom is 0.224 e. The van der Waals surface area contributed by atoms with Crippen LogP contribution in [-0.4, -0.2) is 9.97 Å². The van der Waals surface area contributed by atoms with Crippen molar-refractivity contribution in [2.24, 2.45) is 0 Å². The number of nitrogens with zero attached hydrogens (tertiary/aromatic N) is 3. The summed E-state index contributed by atoms with van der Waals surface area (Å²) in [7, 11) is 0. The van der Waals surface area contributed by atoms with Crippen LogP contribution in [0, 0.1) is 11.3 Å². The molecule has 1 heterocycles. The average Bonchev–Trinajstić information content (AvgIpc) is 2.00. The maximum atomic E-state index is 8.41. The molecule has 0 saturated heterocycles. The molecule has 1 aromatic rings. The zero-order chi connectivity index (χ0) is 9.14. The van der Waals surface area contributed by atoms with Crippen molar-refractivity contribution in [2.75, 3.05) is 0 Å². The van der Waals surface area contributed by atoms with Gasteiger partial charge in [-0.15, -0.1) is 0 Å². The first-order valence-corrected chi connectivity index (χ1v) is 4.44. The summed E-state index contributed by atoms with van der Waals surface area (Å²) in [5, 5.41) is 8.68. The van der Waals surface area contributed by atoms with Crippen LogP contribution in [0.3, 0.4) is 0 Å². The second-order valence-electron chi connectivity index (χ2n) is 1.88. The molecule has 0 spiro atoms. The first-order chi connectivity index (χ1) is 5.65. The maximum absolute atomic E-state index is 8.41. The topological polar surface area (TPSA) is 49.6 Å². The van der Waals surface area contributed by atoms with Gasteiger partial charge in [-0.3, -0.25) is 0 Å². The van der Waals surface area contributed by atoms with Crippen molar-refractivity contribution in [1.82, 2.24) is 9.97 Å². The summed E-state index contributed by atoms with van der Waals surface area (Å²) in [5.41, 5.74) is 0.502. The quantitative estimate of drug-likeness (QED) is 0.580. The van der Waals surface area contributed by atoms with E-state index in [-0.39, 0.29) is 16.9 Å². The third-order valence-corrected chi connectivity index (χ3v) is 2.60. The molecule has 0 radical (unpaired) electrons. The zero-order valence-electron chi connectivity index (χ0n) is 5.68. The molecule has 1 rings (SSSR count). The van der Waals surface area contributed by atoms with E-state index in [2.05, 4.69) is 25.9 Å². The third kappa shape index (κ3) is 2.07. The Bertz CT molecular complexity index is 347. The molecule has 0 aromatic carbocycles. The Hall–Kier alpha value is -0.370. The van der Waals surface area contributed by atoms with Crippen LogP contribution in [0.4, 0.5) is 0 Å². The van der Waals surface area contributed by atoms with E-state index in [0.29, 0.717) is 10.2 Å². The normalized spacial score (nSPS) is 9.50. The third-order valence-electron chi connectivity index (χ3n) is 1.10. The lowest BCUT2D eigenvalue weighted by molar-refractivity contribution is 1.04. The van der Waals surface area contributed by atoms with Crippen LogP contribution in [0.5, 0.6) is 0 Å². The molecule has 0 aliphatic heterocycles. The predicted molar refractivity (Wildman–Crippen MR) is 49.1 cm³/mol. The highest BCUT2D eigenvalue weighted by Crippen LogP contribution is 2.24. The summed E-state index contributed by atoms with van der Waals surface area (Å²) in [6.45, 7) is 0. The average molecular weight is 267 g/mol. The Morgan fingerprint density at radius 2 is 2.08 bits per heavy atom. The highest BCUT2D eigenvalue weighted by Gasteiger charge is 2.08. The van der Waals surface area contributed by atoms with Crippen LogP contribution in [0.25, 0.3) is 0 Å². The molecule has 0 bridgehead atoms. The van der Waals surface area contributed by atoms with Gasteiger partial charge in [0.15, 0.2) is 0 Å². The van der Waals surface area contributed by atoms with Crippen LogP contribution < -0.4 is 0 Å². The monoisotopic (exact) mass is 265 g/mol. The van der Waals surface area contributed by atoms with Gasteiger partial charge in [0.25, 0.3) is 0 Å². The van der Waals surface area contributed by atoms with Gasteiger partial charge in [0.1, 0.15) is 5.15 Å². The Balaban J connectivity index is 3.20. The van der Waals surface area contributed by atoms with Crippen LogP contribution in [0.2, 0.25) is 10.4 Å². The van der Waals surface area contributed by atoms with E-state index >= 15 is 0 Å². The van der Waals surface area contributed by atoms with Crippen molar-refractivity contribution in [3.8, 4) is 6.07 Å². The van der Waals surface area contributed by atoms with Gasteiger partial charge in [0.2, 0.25) is 5.28 Å². The van der Waals surface area contributed by atoms with Gasteiger partial charge in [-0.2, -0.15) is 5.26 Å². The van der Waals surface area contributed by atoms with Crippen molar-refractivity contribution in [3.05, 3.63) is 20.6 Å². The lowest BCUT2D eigenvalue weighted by Crippen LogP contribution is -1.94. The first-order valence-electron chi connectivity index (χ1n) is 2.89. The van der Waals surface area contributed by atoms with E-state index in [1.807, 2.05) is 6.07 Å². The minimum Gasteiger partial charge on any atom is -0.221 e. The summed E-state index contributed by atoms with van der Waals surface area (Å²) in [5.74, 6) is 0. The largest absolute Gasteiger partial charge is 0.224 e. The fraction of sp³-hybridized carbons (Fsp3) is 0.167. The standard InChI is InChI=1S/C6H2BrCl2N3/c7-4-3(1-2-10)11-6(9)12-5(4)8/h1H2. The molecule has 0 aliphatic rings. The molecule has 62 valence electrons. The molecule has 6 heteroatoms. The summed E-state index contributed by atoms with van der Waals surface area (Å²) in [6, 6.07) is 1.94. The Morgan fingerprint density at radius 3 is 2.67 bits per heavy atom. The number of hydrogen-bond donors (Lipinski definition) is 0. The van der Waals surface area contributed by atoms with Gasteiger partial charge in [0, 0.05) is 0 Å². The van der Waals surface area contributed by atoms with Gasteiger partial charge < -0.3 is 0 Å². The molecule has 0 aliphatic carbocycles. The molecular formula is C6H2BrCl2N3. The van der Waals surface area contributed by atoms with E-state index in [0.717, 1.165) is 0 Å². The van der Waals surface area contributed by atoms with E-state index in [9.17, 15) is 0 Å². The second kappa shape index (κ2) is 4.04. The Labute approximate surface area is 87.5 Å². The molecule has 0 saturated carbocycles. The van der Waals surface area contributed by atoms with Gasteiger partial charge >= 0.3 is 0 Å². The highest BCUT2D eigenvalue weighted by atomic mass is 79.9.